The van der Waals surface area contributed by atoms with Crippen LogP contribution in [-0.2, 0) is 20.4 Å². The maximum Gasteiger partial charge on any atom is 0.316 e. The fourth-order valence-electron chi connectivity index (χ4n) is 1.71. The summed E-state index contributed by atoms with van der Waals surface area (Å²) < 4.78 is 11.5. The number of rotatable bonds is 6. The number of nitrogens with zero attached hydrogens (tertiary/aromatic N) is 1. The van der Waals surface area contributed by atoms with Gasteiger partial charge in [-0.3, -0.25) is 13.8 Å². The second-order valence-corrected chi connectivity index (χ2v) is 5.77. The first-order chi connectivity index (χ1) is 8.91. The van der Waals surface area contributed by atoms with Crippen LogP contribution in [0.15, 0.2) is 30.3 Å². The highest BCUT2D eigenvalue weighted by Gasteiger charge is 2.21. The Balaban J connectivity index is 2.81. The smallest absolute Gasteiger partial charge is 0.316 e. The lowest BCUT2D eigenvalue weighted by Gasteiger charge is -2.26. The lowest BCUT2D eigenvalue weighted by atomic mass is 10.2. The third-order valence-electron chi connectivity index (χ3n) is 2.39. The number of anilines is 1. The number of carbonyl (C=O) groups excluding carboxylic acids is 1. The van der Waals surface area contributed by atoms with Crippen molar-refractivity contribution in [3.8, 4) is 0 Å². The van der Waals surface area contributed by atoms with Crippen LogP contribution in [0.5, 0.6) is 0 Å². The first-order valence-corrected chi connectivity index (χ1v) is 7.34. The van der Waals surface area contributed by atoms with Gasteiger partial charge in [-0.15, -0.1) is 0 Å². The standard InChI is InChI=1S/C13H17NO4S/c1-10(2)14(11-6-4-3-5-7-11)12(15)8-19(18)9-13(16)17/h3-7,10H,8-9H2,1-2H3,(H,16,17). The van der Waals surface area contributed by atoms with E-state index < -0.39 is 22.5 Å². The summed E-state index contributed by atoms with van der Waals surface area (Å²) >= 11 is 0. The van der Waals surface area contributed by atoms with E-state index in [9.17, 15) is 13.8 Å². The molecule has 1 amide bonds. The quantitative estimate of drug-likeness (QED) is 0.853. The van der Waals surface area contributed by atoms with Crippen molar-refractivity contribution in [1.29, 1.82) is 0 Å². The fraction of sp³-hybridized carbons (Fsp3) is 0.385. The number of carboxylic acid groups (broad SMARTS) is 1. The van der Waals surface area contributed by atoms with E-state index in [0.717, 1.165) is 5.69 Å². The molecule has 1 aromatic rings. The van der Waals surface area contributed by atoms with Crippen LogP contribution in [0.4, 0.5) is 5.69 Å². The van der Waals surface area contributed by atoms with Crippen LogP contribution < -0.4 is 4.90 Å². The molecule has 104 valence electrons. The Morgan fingerprint density at radius 3 is 2.26 bits per heavy atom. The number of para-hydroxylation sites is 1. The van der Waals surface area contributed by atoms with Crippen LogP contribution in [0.25, 0.3) is 0 Å². The molecular weight excluding hydrogens is 266 g/mol. The largest absolute Gasteiger partial charge is 0.481 e. The molecule has 0 aliphatic rings. The van der Waals surface area contributed by atoms with Gasteiger partial charge < -0.3 is 10.0 Å². The Kier molecular flexibility index (Phi) is 5.69. The molecular formula is C13H17NO4S. The number of carbonyl (C=O) groups is 2. The van der Waals surface area contributed by atoms with Crippen LogP contribution in [0.3, 0.4) is 0 Å². The highest BCUT2D eigenvalue weighted by atomic mass is 32.2. The van der Waals surface area contributed by atoms with Gasteiger partial charge >= 0.3 is 5.97 Å². The summed E-state index contributed by atoms with van der Waals surface area (Å²) in [6, 6.07) is 8.96. The number of hydrogen-bond donors (Lipinski definition) is 1. The molecule has 6 heteroatoms. The minimum absolute atomic E-state index is 0.0864. The van der Waals surface area contributed by atoms with E-state index in [1.54, 1.807) is 12.1 Å². The van der Waals surface area contributed by atoms with Crippen molar-refractivity contribution in [2.75, 3.05) is 16.4 Å². The van der Waals surface area contributed by atoms with Gasteiger partial charge in [0.25, 0.3) is 0 Å². The predicted molar refractivity (Wildman–Crippen MR) is 74.6 cm³/mol. The van der Waals surface area contributed by atoms with E-state index in [2.05, 4.69) is 0 Å². The lowest BCUT2D eigenvalue weighted by molar-refractivity contribution is -0.133. The number of carboxylic acids is 1. The molecule has 1 unspecified atom stereocenters. The molecule has 0 aromatic heterocycles. The summed E-state index contributed by atoms with van der Waals surface area (Å²) in [6.45, 7) is 3.70. The number of benzene rings is 1. The maximum absolute atomic E-state index is 12.1. The second kappa shape index (κ2) is 7.04. The Hall–Kier alpha value is -1.69. The van der Waals surface area contributed by atoms with Gasteiger partial charge in [-0.1, -0.05) is 18.2 Å². The third-order valence-corrected chi connectivity index (χ3v) is 3.53. The maximum atomic E-state index is 12.1. The zero-order chi connectivity index (χ0) is 14.4. The monoisotopic (exact) mass is 283 g/mol. The summed E-state index contributed by atoms with van der Waals surface area (Å²) in [5.74, 6) is -2.28. The van der Waals surface area contributed by atoms with Crippen LogP contribution in [0.1, 0.15) is 13.8 Å². The van der Waals surface area contributed by atoms with Gasteiger partial charge in [0.1, 0.15) is 11.5 Å². The molecule has 5 nitrogen and oxygen atoms in total. The van der Waals surface area contributed by atoms with Crippen LogP contribution in [0.2, 0.25) is 0 Å². The van der Waals surface area contributed by atoms with E-state index >= 15 is 0 Å². The molecule has 19 heavy (non-hydrogen) atoms. The molecule has 0 saturated heterocycles. The fourth-order valence-corrected chi connectivity index (χ4v) is 2.51. The topological polar surface area (TPSA) is 74.7 Å². The molecule has 0 aliphatic carbocycles. The molecule has 0 spiro atoms. The highest BCUT2D eigenvalue weighted by molar-refractivity contribution is 7.86. The van der Waals surface area contributed by atoms with Gasteiger partial charge in [-0.25, -0.2) is 0 Å². The summed E-state index contributed by atoms with van der Waals surface area (Å²) in [6.07, 6.45) is 0. The molecule has 1 N–H and O–H groups in total. The van der Waals surface area contributed by atoms with Crippen molar-refractivity contribution in [3.05, 3.63) is 30.3 Å². The SMILES string of the molecule is CC(C)N(C(=O)CS(=O)CC(=O)O)c1ccccc1. The lowest BCUT2D eigenvalue weighted by Crippen LogP contribution is -2.40. The Labute approximate surface area is 114 Å². The third kappa shape index (κ3) is 4.82. The van der Waals surface area contributed by atoms with E-state index in [4.69, 9.17) is 5.11 Å². The zero-order valence-corrected chi connectivity index (χ0v) is 11.7. The summed E-state index contributed by atoms with van der Waals surface area (Å²) in [5, 5.41) is 8.54. The van der Waals surface area contributed by atoms with Gasteiger partial charge in [0.2, 0.25) is 5.91 Å². The van der Waals surface area contributed by atoms with Crippen molar-refractivity contribution >= 4 is 28.4 Å². The van der Waals surface area contributed by atoms with Gasteiger partial charge in [0.15, 0.2) is 0 Å². The van der Waals surface area contributed by atoms with E-state index in [1.165, 1.54) is 4.90 Å². The van der Waals surface area contributed by atoms with E-state index in [0.29, 0.717) is 0 Å². The molecule has 0 saturated carbocycles. The van der Waals surface area contributed by atoms with Crippen molar-refractivity contribution in [2.24, 2.45) is 0 Å². The van der Waals surface area contributed by atoms with Crippen molar-refractivity contribution in [2.45, 2.75) is 19.9 Å². The van der Waals surface area contributed by atoms with Gasteiger partial charge in [-0.2, -0.15) is 0 Å². The molecule has 0 heterocycles. The molecule has 1 aromatic carbocycles. The van der Waals surface area contributed by atoms with Gasteiger partial charge in [0, 0.05) is 22.5 Å². The van der Waals surface area contributed by atoms with E-state index in [-0.39, 0.29) is 17.7 Å². The normalized spacial score (nSPS) is 12.2. The average molecular weight is 283 g/mol. The Morgan fingerprint density at radius 1 is 1.21 bits per heavy atom. The second-order valence-electron chi connectivity index (χ2n) is 4.32. The summed E-state index contributed by atoms with van der Waals surface area (Å²) in [4.78, 5) is 24.1. The van der Waals surface area contributed by atoms with Crippen molar-refractivity contribution in [1.82, 2.24) is 0 Å². The minimum Gasteiger partial charge on any atom is -0.481 e. The first kappa shape index (κ1) is 15.4. The summed E-state index contributed by atoms with van der Waals surface area (Å²) in [7, 11) is -1.68. The van der Waals surface area contributed by atoms with Crippen molar-refractivity contribution in [3.63, 3.8) is 0 Å². The molecule has 0 bridgehead atoms. The number of amides is 1. The van der Waals surface area contributed by atoms with E-state index in [1.807, 2.05) is 32.0 Å². The molecule has 1 rings (SSSR count). The van der Waals surface area contributed by atoms with Gasteiger partial charge in [-0.05, 0) is 26.0 Å². The van der Waals surface area contributed by atoms with Crippen LogP contribution in [-0.4, -0.2) is 38.7 Å². The minimum atomic E-state index is -1.68. The Bertz CT molecular complexity index is 473. The predicted octanol–water partition coefficient (Wildman–Crippen LogP) is 1.26. The Morgan fingerprint density at radius 2 is 1.79 bits per heavy atom. The number of hydrogen-bond acceptors (Lipinski definition) is 3. The average Bonchev–Trinajstić information content (AvgIpc) is 2.28. The van der Waals surface area contributed by atoms with Crippen LogP contribution >= 0.6 is 0 Å². The van der Waals surface area contributed by atoms with Gasteiger partial charge in [0.05, 0.1) is 0 Å². The zero-order valence-electron chi connectivity index (χ0n) is 10.9. The first-order valence-electron chi connectivity index (χ1n) is 5.85. The van der Waals surface area contributed by atoms with Crippen molar-refractivity contribution < 1.29 is 18.9 Å². The summed E-state index contributed by atoms with van der Waals surface area (Å²) in [5.41, 5.74) is 0.717. The molecule has 1 atom stereocenters. The van der Waals surface area contributed by atoms with Crippen LogP contribution in [0, 0.1) is 0 Å². The molecule has 0 aliphatic heterocycles. The number of aliphatic carboxylic acids is 1. The molecule has 0 fully saturated rings. The molecule has 0 radical (unpaired) electrons. The highest BCUT2D eigenvalue weighted by Crippen LogP contribution is 2.16.